The first-order valence-corrected chi connectivity index (χ1v) is 6.99. The number of halogens is 1. The van der Waals surface area contributed by atoms with Gasteiger partial charge in [0.25, 0.3) is 0 Å². The van der Waals surface area contributed by atoms with E-state index in [-0.39, 0.29) is 11.7 Å². The lowest BCUT2D eigenvalue weighted by Crippen LogP contribution is -2.37. The summed E-state index contributed by atoms with van der Waals surface area (Å²) in [5.41, 5.74) is 1.79. The maximum atomic E-state index is 13.8. The molecule has 5 nitrogen and oxygen atoms in total. The third-order valence-electron chi connectivity index (χ3n) is 3.28. The Morgan fingerprint density at radius 1 is 1.50 bits per heavy atom. The van der Waals surface area contributed by atoms with Crippen LogP contribution in [0.1, 0.15) is 12.6 Å². The monoisotopic (exact) mass is 302 g/mol. The Balaban J connectivity index is 2.16. The van der Waals surface area contributed by atoms with Crippen molar-refractivity contribution >= 4 is 11.6 Å². The molecular weight excluding hydrogens is 283 g/mol. The summed E-state index contributed by atoms with van der Waals surface area (Å²) in [6.07, 6.45) is 3.20. The molecule has 1 atom stereocenters. The largest absolute Gasteiger partial charge is 0.371 e. The smallest absolute Gasteiger partial charge is 0.242 e. The number of nitrogens with zero attached hydrogens (tertiary/aromatic N) is 2. The van der Waals surface area contributed by atoms with Crippen molar-refractivity contribution in [3.8, 4) is 5.69 Å². The molecule has 0 saturated heterocycles. The van der Waals surface area contributed by atoms with E-state index in [0.29, 0.717) is 17.9 Å². The first-order valence-electron chi connectivity index (χ1n) is 6.99. The number of amides is 1. The zero-order chi connectivity index (χ0) is 16.1. The minimum atomic E-state index is -0.433. The number of carbonyl (C=O) groups is 1. The maximum absolute atomic E-state index is 13.8. The average molecular weight is 302 g/mol. The molecule has 0 spiro atoms. The van der Waals surface area contributed by atoms with Crippen molar-refractivity contribution in [1.29, 1.82) is 0 Å². The van der Waals surface area contributed by atoms with Crippen LogP contribution in [0.2, 0.25) is 0 Å². The number of rotatable bonds is 6. The van der Waals surface area contributed by atoms with E-state index in [9.17, 15) is 9.18 Å². The van der Waals surface area contributed by atoms with Crippen molar-refractivity contribution in [3.63, 3.8) is 0 Å². The van der Waals surface area contributed by atoms with E-state index >= 15 is 0 Å². The summed E-state index contributed by atoms with van der Waals surface area (Å²) in [5, 5.41) is 9.98. The molecule has 1 unspecified atom stereocenters. The summed E-state index contributed by atoms with van der Waals surface area (Å²) in [5.74, 6) is -0.491. The maximum Gasteiger partial charge on any atom is 0.242 e. The Morgan fingerprint density at radius 3 is 2.91 bits per heavy atom. The van der Waals surface area contributed by atoms with Gasteiger partial charge in [-0.15, -0.1) is 6.58 Å². The van der Waals surface area contributed by atoms with Crippen molar-refractivity contribution < 1.29 is 9.18 Å². The highest BCUT2D eigenvalue weighted by Gasteiger charge is 2.16. The topological polar surface area (TPSA) is 59.0 Å². The fraction of sp³-hybridized carbons (Fsp3) is 0.250. The van der Waals surface area contributed by atoms with Gasteiger partial charge in [-0.3, -0.25) is 4.79 Å². The van der Waals surface area contributed by atoms with E-state index in [0.717, 1.165) is 5.69 Å². The molecule has 1 aromatic carbocycles. The molecule has 2 N–H and O–H groups in total. The van der Waals surface area contributed by atoms with Gasteiger partial charge in [0.2, 0.25) is 5.91 Å². The third kappa shape index (κ3) is 3.33. The quantitative estimate of drug-likeness (QED) is 0.806. The summed E-state index contributed by atoms with van der Waals surface area (Å²) in [6, 6.07) is 5.98. The average Bonchev–Trinajstić information content (AvgIpc) is 2.86. The van der Waals surface area contributed by atoms with Crippen molar-refractivity contribution in [2.75, 3.05) is 11.9 Å². The molecule has 22 heavy (non-hydrogen) atoms. The second kappa shape index (κ2) is 6.89. The second-order valence-corrected chi connectivity index (χ2v) is 4.91. The fourth-order valence-electron chi connectivity index (χ4n) is 2.04. The van der Waals surface area contributed by atoms with Gasteiger partial charge in [-0.25, -0.2) is 9.07 Å². The molecule has 0 saturated carbocycles. The molecule has 1 heterocycles. The molecule has 116 valence electrons. The van der Waals surface area contributed by atoms with E-state index in [2.05, 4.69) is 22.3 Å². The van der Waals surface area contributed by atoms with Crippen LogP contribution in [0.5, 0.6) is 0 Å². The van der Waals surface area contributed by atoms with Gasteiger partial charge in [-0.1, -0.05) is 18.2 Å². The molecule has 2 aromatic rings. The lowest BCUT2D eigenvalue weighted by atomic mass is 10.2. The highest BCUT2D eigenvalue weighted by atomic mass is 19.1. The Morgan fingerprint density at radius 2 is 2.23 bits per heavy atom. The molecule has 0 aliphatic carbocycles. The predicted octanol–water partition coefficient (Wildman–Crippen LogP) is 2.42. The van der Waals surface area contributed by atoms with Crippen molar-refractivity contribution in [1.82, 2.24) is 15.1 Å². The van der Waals surface area contributed by atoms with Crippen LogP contribution in [-0.2, 0) is 4.79 Å². The summed E-state index contributed by atoms with van der Waals surface area (Å²) in [6.45, 7) is 7.53. The summed E-state index contributed by atoms with van der Waals surface area (Å²) < 4.78 is 15.3. The molecular formula is C16H19FN4O. The molecule has 6 heteroatoms. The van der Waals surface area contributed by atoms with Gasteiger partial charge in [0, 0.05) is 6.54 Å². The van der Waals surface area contributed by atoms with Crippen LogP contribution in [0.3, 0.4) is 0 Å². The normalized spacial score (nSPS) is 11.8. The van der Waals surface area contributed by atoms with Crippen LogP contribution in [0.4, 0.5) is 10.1 Å². The Hall–Kier alpha value is -2.63. The van der Waals surface area contributed by atoms with E-state index in [1.165, 1.54) is 10.7 Å². The second-order valence-electron chi connectivity index (χ2n) is 4.91. The van der Waals surface area contributed by atoms with Crippen molar-refractivity contribution in [3.05, 3.63) is 54.6 Å². The van der Waals surface area contributed by atoms with Gasteiger partial charge in [-0.2, -0.15) is 5.10 Å². The number of carbonyl (C=O) groups excluding carboxylic acids is 1. The van der Waals surface area contributed by atoms with Crippen LogP contribution in [0.25, 0.3) is 5.69 Å². The SMILES string of the molecule is C=CCNC(=O)C(C)Nc1cnn(-c2ccccc2F)c1C. The molecule has 0 aliphatic heterocycles. The van der Waals surface area contributed by atoms with Gasteiger partial charge in [0.1, 0.15) is 17.5 Å². The number of hydrogen-bond acceptors (Lipinski definition) is 3. The van der Waals surface area contributed by atoms with Crippen molar-refractivity contribution in [2.24, 2.45) is 0 Å². The van der Waals surface area contributed by atoms with Gasteiger partial charge >= 0.3 is 0 Å². The minimum Gasteiger partial charge on any atom is -0.371 e. The Bertz CT molecular complexity index is 681. The number of hydrogen-bond donors (Lipinski definition) is 2. The lowest BCUT2D eigenvalue weighted by molar-refractivity contribution is -0.121. The van der Waals surface area contributed by atoms with Crippen LogP contribution in [-0.4, -0.2) is 28.3 Å². The first kappa shape index (κ1) is 15.8. The summed E-state index contributed by atoms with van der Waals surface area (Å²) in [4.78, 5) is 11.8. The number of aromatic nitrogens is 2. The minimum absolute atomic E-state index is 0.141. The van der Waals surface area contributed by atoms with Gasteiger partial charge in [0.05, 0.1) is 17.6 Å². The molecule has 0 fully saturated rings. The van der Waals surface area contributed by atoms with Crippen molar-refractivity contribution in [2.45, 2.75) is 19.9 Å². The zero-order valence-corrected chi connectivity index (χ0v) is 12.6. The van der Waals surface area contributed by atoms with Crippen LogP contribution in [0, 0.1) is 12.7 Å². The number of benzene rings is 1. The van der Waals surface area contributed by atoms with Crippen LogP contribution >= 0.6 is 0 Å². The molecule has 1 amide bonds. The zero-order valence-electron chi connectivity index (χ0n) is 12.6. The molecule has 1 aromatic heterocycles. The van der Waals surface area contributed by atoms with E-state index in [1.54, 1.807) is 37.4 Å². The van der Waals surface area contributed by atoms with Gasteiger partial charge in [0.15, 0.2) is 0 Å². The van der Waals surface area contributed by atoms with Gasteiger partial charge in [-0.05, 0) is 26.0 Å². The highest BCUT2D eigenvalue weighted by molar-refractivity contribution is 5.84. The number of nitrogens with one attached hydrogen (secondary N) is 2. The standard InChI is InChI=1S/C16H19FN4O/c1-4-9-18-16(22)11(2)20-14-10-19-21(12(14)3)15-8-6-5-7-13(15)17/h4-8,10-11,20H,1,9H2,2-3H3,(H,18,22). The highest BCUT2D eigenvalue weighted by Crippen LogP contribution is 2.20. The molecule has 0 aliphatic rings. The van der Waals surface area contributed by atoms with E-state index in [1.807, 2.05) is 6.92 Å². The molecule has 0 bridgehead atoms. The van der Waals surface area contributed by atoms with Crippen LogP contribution < -0.4 is 10.6 Å². The molecule has 2 rings (SSSR count). The summed E-state index contributed by atoms with van der Waals surface area (Å²) >= 11 is 0. The van der Waals surface area contributed by atoms with E-state index < -0.39 is 6.04 Å². The Kier molecular flexibility index (Phi) is 4.93. The lowest BCUT2D eigenvalue weighted by Gasteiger charge is -2.14. The third-order valence-corrected chi connectivity index (χ3v) is 3.28. The number of para-hydroxylation sites is 1. The summed E-state index contributed by atoms with van der Waals surface area (Å²) in [7, 11) is 0. The molecule has 0 radical (unpaired) electrons. The first-order chi connectivity index (χ1) is 10.5. The number of anilines is 1. The van der Waals surface area contributed by atoms with Gasteiger partial charge < -0.3 is 10.6 Å². The fourth-order valence-corrected chi connectivity index (χ4v) is 2.04. The Labute approximate surface area is 128 Å². The van der Waals surface area contributed by atoms with Crippen LogP contribution in [0.15, 0.2) is 43.1 Å². The predicted molar refractivity (Wildman–Crippen MR) is 84.6 cm³/mol. The van der Waals surface area contributed by atoms with E-state index in [4.69, 9.17) is 0 Å².